The first-order valence-corrected chi connectivity index (χ1v) is 14.3. The third kappa shape index (κ3) is 4.15. The monoisotopic (exact) mass is 489 g/mol. The van der Waals surface area contributed by atoms with Gasteiger partial charge in [0.15, 0.2) is 0 Å². The Bertz CT molecular complexity index is 1320. The van der Waals surface area contributed by atoms with Crippen LogP contribution in [0.15, 0.2) is 81.8 Å². The van der Waals surface area contributed by atoms with Crippen LogP contribution in [0.3, 0.4) is 0 Å². The Labute approximate surface area is 222 Å². The smallest absolute Gasteiger partial charge is 0.0966 e. The summed E-state index contributed by atoms with van der Waals surface area (Å²) in [6.45, 7) is 7.43. The van der Waals surface area contributed by atoms with Crippen molar-refractivity contribution < 1.29 is 0 Å². The van der Waals surface area contributed by atoms with E-state index in [1.807, 2.05) is 6.21 Å². The van der Waals surface area contributed by atoms with Crippen molar-refractivity contribution in [3.63, 3.8) is 0 Å². The molecule has 190 valence electrons. The minimum atomic E-state index is 0.172. The largest absolute Gasteiger partial charge is 0.317 e. The highest BCUT2D eigenvalue weighted by molar-refractivity contribution is 5.82. The van der Waals surface area contributed by atoms with Gasteiger partial charge in [-0.15, -0.1) is 0 Å². The molecular weight excluding hydrogens is 450 g/mol. The van der Waals surface area contributed by atoms with Crippen molar-refractivity contribution >= 4 is 17.5 Å². The molecule has 37 heavy (non-hydrogen) atoms. The molecule has 0 saturated carbocycles. The average molecular weight is 490 g/mol. The number of aliphatic imine (C=N–C) groups is 1. The molecule has 2 aliphatic heterocycles. The van der Waals surface area contributed by atoms with Crippen LogP contribution in [-0.4, -0.2) is 6.21 Å². The van der Waals surface area contributed by atoms with Gasteiger partial charge in [0.2, 0.25) is 0 Å². The van der Waals surface area contributed by atoms with Gasteiger partial charge in [0.1, 0.15) is 0 Å². The van der Waals surface area contributed by atoms with Crippen LogP contribution in [0.5, 0.6) is 0 Å². The fourth-order valence-corrected chi connectivity index (χ4v) is 7.58. The summed E-state index contributed by atoms with van der Waals surface area (Å²) in [5.74, 6) is 1.29. The van der Waals surface area contributed by atoms with Crippen LogP contribution in [0, 0.1) is 34.5 Å². The van der Waals surface area contributed by atoms with Gasteiger partial charge >= 0.3 is 0 Å². The van der Waals surface area contributed by atoms with Crippen molar-refractivity contribution in [2.45, 2.75) is 78.6 Å². The first kappa shape index (κ1) is 24.2. The lowest BCUT2D eigenvalue weighted by Gasteiger charge is -2.50. The van der Waals surface area contributed by atoms with E-state index in [0.717, 1.165) is 24.3 Å². The number of nitriles is 1. The van der Waals surface area contributed by atoms with Gasteiger partial charge in [-0.1, -0.05) is 57.2 Å². The Morgan fingerprint density at radius 3 is 2.70 bits per heavy atom. The topological polar surface area (TPSA) is 39.4 Å². The molecule has 1 aromatic rings. The SMILES string of the molecule is CC1CCC2=C(C1)C(C)(C)C1=C(CCCC1)N2c1ccccc1C1=CC=CC(C2CC=NC=C2C#N)C1. The van der Waals surface area contributed by atoms with Crippen molar-refractivity contribution in [3.8, 4) is 6.07 Å². The molecule has 3 nitrogen and oxygen atoms in total. The predicted molar refractivity (Wildman–Crippen MR) is 154 cm³/mol. The Morgan fingerprint density at radius 2 is 1.84 bits per heavy atom. The van der Waals surface area contributed by atoms with E-state index in [2.05, 4.69) is 79.2 Å². The van der Waals surface area contributed by atoms with Gasteiger partial charge in [-0.2, -0.15) is 5.26 Å². The molecule has 0 spiro atoms. The summed E-state index contributed by atoms with van der Waals surface area (Å²) in [6.07, 6.45) is 21.0. The molecule has 0 saturated heterocycles. The van der Waals surface area contributed by atoms with Crippen LogP contribution < -0.4 is 4.90 Å². The zero-order valence-electron chi connectivity index (χ0n) is 22.6. The summed E-state index contributed by atoms with van der Waals surface area (Å²) in [4.78, 5) is 6.98. The molecular formula is C34H39N3. The normalized spacial score (nSPS) is 28.8. The first-order chi connectivity index (χ1) is 18.0. The zero-order chi connectivity index (χ0) is 25.6. The summed E-state index contributed by atoms with van der Waals surface area (Å²) in [7, 11) is 0. The van der Waals surface area contributed by atoms with Gasteiger partial charge < -0.3 is 4.90 Å². The number of benzene rings is 1. The van der Waals surface area contributed by atoms with Gasteiger partial charge in [0.05, 0.1) is 17.3 Å². The summed E-state index contributed by atoms with van der Waals surface area (Å²) in [5, 5.41) is 9.72. The van der Waals surface area contributed by atoms with E-state index in [9.17, 15) is 5.26 Å². The molecule has 3 unspecified atom stereocenters. The average Bonchev–Trinajstić information content (AvgIpc) is 2.94. The molecule has 3 aliphatic carbocycles. The number of rotatable bonds is 3. The molecule has 6 rings (SSSR count). The molecule has 3 atom stereocenters. The Kier molecular flexibility index (Phi) is 6.31. The third-order valence-electron chi connectivity index (χ3n) is 9.59. The number of nitrogens with zero attached hydrogens (tertiary/aromatic N) is 3. The first-order valence-electron chi connectivity index (χ1n) is 14.3. The van der Waals surface area contributed by atoms with Crippen LogP contribution in [-0.2, 0) is 0 Å². The van der Waals surface area contributed by atoms with Crippen molar-refractivity contribution in [1.29, 1.82) is 5.26 Å². The summed E-state index contributed by atoms with van der Waals surface area (Å²) in [6, 6.07) is 11.5. The van der Waals surface area contributed by atoms with Crippen molar-refractivity contribution in [2.24, 2.45) is 28.2 Å². The minimum Gasteiger partial charge on any atom is -0.317 e. The molecule has 0 N–H and O–H groups in total. The molecule has 0 amide bonds. The number of para-hydroxylation sites is 1. The lowest BCUT2D eigenvalue weighted by molar-refractivity contribution is 0.375. The standard InChI is InChI=1S/C34H39N3/c1-23-15-16-33-30(19-23)34(2,3)29-12-5-7-14-32(29)37(33)31-13-6-4-11-28(31)25-10-8-9-24(20-25)27-17-18-36-22-26(27)21-35/h4,6,8-11,13,18,22-24,27H,5,7,12,14-17,19-20H2,1-3H3. The summed E-state index contributed by atoms with van der Waals surface area (Å²) < 4.78 is 0. The van der Waals surface area contributed by atoms with Gasteiger partial charge in [-0.3, -0.25) is 4.99 Å². The molecule has 0 bridgehead atoms. The minimum absolute atomic E-state index is 0.172. The van der Waals surface area contributed by atoms with Gasteiger partial charge in [-0.25, -0.2) is 0 Å². The molecule has 5 aliphatic rings. The van der Waals surface area contributed by atoms with E-state index in [0.29, 0.717) is 5.92 Å². The van der Waals surface area contributed by atoms with Crippen LogP contribution in [0.1, 0.15) is 84.1 Å². The molecule has 2 heterocycles. The second-order valence-corrected chi connectivity index (χ2v) is 12.2. The summed E-state index contributed by atoms with van der Waals surface area (Å²) in [5.41, 5.74) is 11.6. The van der Waals surface area contributed by atoms with Crippen molar-refractivity contribution in [1.82, 2.24) is 0 Å². The van der Waals surface area contributed by atoms with Crippen LogP contribution >= 0.6 is 0 Å². The van der Waals surface area contributed by atoms with E-state index >= 15 is 0 Å². The van der Waals surface area contributed by atoms with Crippen molar-refractivity contribution in [3.05, 3.63) is 82.4 Å². The highest BCUT2D eigenvalue weighted by Gasteiger charge is 2.43. The quantitative estimate of drug-likeness (QED) is 0.425. The molecule has 0 radical (unpaired) electrons. The van der Waals surface area contributed by atoms with E-state index in [4.69, 9.17) is 0 Å². The molecule has 1 aromatic carbocycles. The van der Waals surface area contributed by atoms with Gasteiger partial charge in [0, 0.05) is 40.7 Å². The lowest BCUT2D eigenvalue weighted by atomic mass is 9.64. The Morgan fingerprint density at radius 1 is 1.03 bits per heavy atom. The van der Waals surface area contributed by atoms with Crippen LogP contribution in [0.4, 0.5) is 5.69 Å². The Balaban J connectivity index is 1.42. The number of hydrogen-bond acceptors (Lipinski definition) is 3. The number of anilines is 1. The van der Waals surface area contributed by atoms with Gasteiger partial charge in [-0.05, 0) is 92.4 Å². The number of hydrogen-bond donors (Lipinski definition) is 0. The predicted octanol–water partition coefficient (Wildman–Crippen LogP) is 8.89. The van der Waals surface area contributed by atoms with E-state index in [1.54, 1.807) is 28.7 Å². The van der Waals surface area contributed by atoms with Crippen LogP contribution in [0.2, 0.25) is 0 Å². The van der Waals surface area contributed by atoms with E-state index in [1.165, 1.54) is 61.8 Å². The van der Waals surface area contributed by atoms with E-state index < -0.39 is 0 Å². The highest BCUT2D eigenvalue weighted by Crippen LogP contribution is 2.55. The second-order valence-electron chi connectivity index (χ2n) is 12.2. The fraction of sp³-hybridized carbons (Fsp3) is 0.471. The molecule has 3 heteroatoms. The summed E-state index contributed by atoms with van der Waals surface area (Å²) >= 11 is 0. The maximum atomic E-state index is 9.72. The zero-order valence-corrected chi connectivity index (χ0v) is 22.6. The number of allylic oxidation sites excluding steroid dienone is 9. The lowest BCUT2D eigenvalue weighted by Crippen LogP contribution is -2.40. The van der Waals surface area contributed by atoms with Gasteiger partial charge in [0.25, 0.3) is 0 Å². The van der Waals surface area contributed by atoms with Crippen molar-refractivity contribution in [2.75, 3.05) is 4.90 Å². The van der Waals surface area contributed by atoms with Crippen LogP contribution in [0.25, 0.3) is 5.57 Å². The second kappa shape index (κ2) is 9.64. The maximum absolute atomic E-state index is 9.72. The third-order valence-corrected chi connectivity index (χ3v) is 9.59. The molecule has 0 aromatic heterocycles. The maximum Gasteiger partial charge on any atom is 0.0966 e. The Hall–Kier alpha value is -3.12. The highest BCUT2D eigenvalue weighted by atomic mass is 15.2. The fourth-order valence-electron chi connectivity index (χ4n) is 7.58. The van der Waals surface area contributed by atoms with E-state index in [-0.39, 0.29) is 11.3 Å². The molecule has 0 fully saturated rings.